The molecule has 3 aromatic rings. The van der Waals surface area contributed by atoms with Crippen LogP contribution in [0.25, 0.3) is 0 Å². The van der Waals surface area contributed by atoms with Gasteiger partial charge in [0.05, 0.1) is 12.2 Å². The summed E-state index contributed by atoms with van der Waals surface area (Å²) in [6, 6.07) is 20.4. The molecule has 0 unspecified atom stereocenters. The first kappa shape index (κ1) is 28.2. The van der Waals surface area contributed by atoms with E-state index in [-0.39, 0.29) is 13.2 Å². The Kier molecular flexibility index (Phi) is 10.5. The van der Waals surface area contributed by atoms with E-state index in [9.17, 15) is 18.0 Å². The molecule has 0 bridgehead atoms. The highest BCUT2D eigenvalue weighted by Gasteiger charge is 2.30. The number of allylic oxidation sites excluding steroid dienone is 1. The number of benzene rings is 3. The Hall–Kier alpha value is -3.39. The number of aryl methyl sites for hydroxylation is 1. The number of rotatable bonds is 12. The van der Waals surface area contributed by atoms with Crippen LogP contribution in [-0.2, 0) is 22.1 Å². The standard InChI is InChI=1S/C29H29F3O4S/c1-3-34-28(33)19-36-27-16-15-26(17-21(27)2)37-20-23(10-9-22-7-5-4-6-8-22)18-35-25-13-11-24(12-14-25)29(30,31)32/h4-8,10-17H,3,9,18-20H2,1-2H3/b23-10+. The van der Waals surface area contributed by atoms with Crippen molar-refractivity contribution in [2.24, 2.45) is 0 Å². The molecule has 0 spiro atoms. The predicted octanol–water partition coefficient (Wildman–Crippen LogP) is 7.30. The van der Waals surface area contributed by atoms with Crippen molar-refractivity contribution < 1.29 is 32.2 Å². The highest BCUT2D eigenvalue weighted by Crippen LogP contribution is 2.31. The molecular weight excluding hydrogens is 501 g/mol. The lowest BCUT2D eigenvalue weighted by atomic mass is 10.1. The molecule has 0 saturated carbocycles. The SMILES string of the molecule is CCOC(=O)COc1ccc(SC/C(=C/Cc2ccccc2)COc2ccc(C(F)(F)F)cc2)cc1C. The Morgan fingerprint density at radius 1 is 0.946 bits per heavy atom. The van der Waals surface area contributed by atoms with Gasteiger partial charge in [0.15, 0.2) is 6.61 Å². The number of halogens is 3. The molecule has 0 N–H and O–H groups in total. The smallest absolute Gasteiger partial charge is 0.416 e. The molecule has 0 saturated heterocycles. The Balaban J connectivity index is 1.64. The van der Waals surface area contributed by atoms with Crippen LogP contribution in [0.4, 0.5) is 13.2 Å². The maximum atomic E-state index is 12.8. The van der Waals surface area contributed by atoms with Gasteiger partial charge in [0.2, 0.25) is 0 Å². The van der Waals surface area contributed by atoms with Gasteiger partial charge in [-0.15, -0.1) is 11.8 Å². The summed E-state index contributed by atoms with van der Waals surface area (Å²) in [6.45, 7) is 4.07. The molecule has 0 aliphatic carbocycles. The van der Waals surface area contributed by atoms with Gasteiger partial charge < -0.3 is 14.2 Å². The summed E-state index contributed by atoms with van der Waals surface area (Å²) < 4.78 is 54.8. The molecule has 0 fully saturated rings. The molecule has 0 radical (unpaired) electrons. The van der Waals surface area contributed by atoms with Crippen LogP contribution in [0.5, 0.6) is 11.5 Å². The first-order chi connectivity index (χ1) is 17.7. The van der Waals surface area contributed by atoms with E-state index < -0.39 is 17.7 Å². The van der Waals surface area contributed by atoms with Gasteiger partial charge in [-0.1, -0.05) is 36.4 Å². The highest BCUT2D eigenvalue weighted by molar-refractivity contribution is 7.99. The minimum Gasteiger partial charge on any atom is -0.489 e. The van der Waals surface area contributed by atoms with Crippen molar-refractivity contribution >= 4 is 17.7 Å². The quantitative estimate of drug-likeness (QED) is 0.140. The minimum absolute atomic E-state index is 0.144. The van der Waals surface area contributed by atoms with E-state index in [1.165, 1.54) is 12.1 Å². The Morgan fingerprint density at radius 2 is 1.68 bits per heavy atom. The fourth-order valence-electron chi connectivity index (χ4n) is 3.34. The molecule has 3 rings (SSSR count). The summed E-state index contributed by atoms with van der Waals surface area (Å²) in [5, 5.41) is 0. The largest absolute Gasteiger partial charge is 0.489 e. The number of carbonyl (C=O) groups is 1. The molecule has 37 heavy (non-hydrogen) atoms. The van der Waals surface area contributed by atoms with Gasteiger partial charge in [0.25, 0.3) is 0 Å². The van der Waals surface area contributed by atoms with Gasteiger partial charge in [0, 0.05) is 10.6 Å². The van der Waals surface area contributed by atoms with E-state index in [4.69, 9.17) is 14.2 Å². The van der Waals surface area contributed by atoms with Crippen LogP contribution < -0.4 is 9.47 Å². The van der Waals surface area contributed by atoms with Crippen LogP contribution >= 0.6 is 11.8 Å². The van der Waals surface area contributed by atoms with E-state index in [0.29, 0.717) is 30.3 Å². The molecule has 0 heterocycles. The average Bonchev–Trinajstić information content (AvgIpc) is 2.88. The highest BCUT2D eigenvalue weighted by atomic mass is 32.2. The molecule has 0 aromatic heterocycles. The van der Waals surface area contributed by atoms with Crippen LogP contribution in [0, 0.1) is 6.92 Å². The monoisotopic (exact) mass is 530 g/mol. The lowest BCUT2D eigenvalue weighted by molar-refractivity contribution is -0.145. The number of esters is 1. The van der Waals surface area contributed by atoms with Gasteiger partial charge in [0.1, 0.15) is 18.1 Å². The van der Waals surface area contributed by atoms with E-state index in [1.807, 2.05) is 55.5 Å². The first-order valence-corrected chi connectivity index (χ1v) is 12.8. The lowest BCUT2D eigenvalue weighted by Crippen LogP contribution is -2.14. The third-order valence-electron chi connectivity index (χ3n) is 5.30. The van der Waals surface area contributed by atoms with Crippen LogP contribution in [-0.4, -0.2) is 31.5 Å². The molecule has 3 aromatic carbocycles. The Labute approximate surface area is 219 Å². The lowest BCUT2D eigenvalue weighted by Gasteiger charge is -2.13. The van der Waals surface area contributed by atoms with E-state index in [1.54, 1.807) is 18.7 Å². The zero-order valence-corrected chi connectivity index (χ0v) is 21.5. The number of ether oxygens (including phenoxy) is 3. The maximum Gasteiger partial charge on any atom is 0.416 e. The van der Waals surface area contributed by atoms with Gasteiger partial charge in [-0.3, -0.25) is 0 Å². The Bertz CT molecular complexity index is 1180. The van der Waals surface area contributed by atoms with Crippen molar-refractivity contribution in [3.05, 3.63) is 101 Å². The topological polar surface area (TPSA) is 44.8 Å². The second-order valence-corrected chi connectivity index (χ2v) is 9.22. The molecule has 0 amide bonds. The van der Waals surface area contributed by atoms with Crippen molar-refractivity contribution in [1.29, 1.82) is 0 Å². The fourth-order valence-corrected chi connectivity index (χ4v) is 4.32. The van der Waals surface area contributed by atoms with Gasteiger partial charge in [-0.2, -0.15) is 13.2 Å². The zero-order chi connectivity index (χ0) is 26.7. The first-order valence-electron chi connectivity index (χ1n) is 11.8. The molecule has 0 aliphatic heterocycles. The summed E-state index contributed by atoms with van der Waals surface area (Å²) in [4.78, 5) is 12.6. The van der Waals surface area contributed by atoms with Crippen molar-refractivity contribution in [2.45, 2.75) is 31.3 Å². The van der Waals surface area contributed by atoms with Gasteiger partial charge in [-0.05, 0) is 79.4 Å². The van der Waals surface area contributed by atoms with E-state index >= 15 is 0 Å². The fraction of sp³-hybridized carbons (Fsp3) is 0.276. The predicted molar refractivity (Wildman–Crippen MR) is 139 cm³/mol. The summed E-state index contributed by atoms with van der Waals surface area (Å²) in [7, 11) is 0. The average molecular weight is 531 g/mol. The van der Waals surface area contributed by atoms with Crippen molar-refractivity contribution in [2.75, 3.05) is 25.6 Å². The third-order valence-corrected chi connectivity index (χ3v) is 6.40. The van der Waals surface area contributed by atoms with Crippen LogP contribution in [0.1, 0.15) is 23.6 Å². The van der Waals surface area contributed by atoms with Gasteiger partial charge in [-0.25, -0.2) is 4.79 Å². The third kappa shape index (κ3) is 9.53. The second kappa shape index (κ2) is 13.8. The maximum absolute atomic E-state index is 12.8. The molecule has 196 valence electrons. The molecule has 4 nitrogen and oxygen atoms in total. The molecule has 0 atom stereocenters. The van der Waals surface area contributed by atoms with E-state index in [2.05, 4.69) is 6.08 Å². The summed E-state index contributed by atoms with van der Waals surface area (Å²) in [6.07, 6.45) is -1.57. The van der Waals surface area contributed by atoms with Crippen LogP contribution in [0.3, 0.4) is 0 Å². The van der Waals surface area contributed by atoms with Crippen LogP contribution in [0.2, 0.25) is 0 Å². The van der Waals surface area contributed by atoms with Crippen molar-refractivity contribution in [1.82, 2.24) is 0 Å². The number of hydrogen-bond donors (Lipinski definition) is 0. The number of thioether (sulfide) groups is 1. The number of alkyl halides is 3. The summed E-state index contributed by atoms with van der Waals surface area (Å²) in [5.41, 5.74) is 2.35. The van der Waals surface area contributed by atoms with E-state index in [0.717, 1.165) is 33.7 Å². The second-order valence-electron chi connectivity index (χ2n) is 8.17. The molecular formula is C29H29F3O4S. The summed E-state index contributed by atoms with van der Waals surface area (Å²) in [5.74, 6) is 1.21. The number of hydrogen-bond acceptors (Lipinski definition) is 5. The normalized spacial score (nSPS) is 11.8. The number of carbonyl (C=O) groups excluding carboxylic acids is 1. The minimum atomic E-state index is -4.38. The summed E-state index contributed by atoms with van der Waals surface area (Å²) >= 11 is 1.62. The molecule has 8 heteroatoms. The van der Waals surface area contributed by atoms with Gasteiger partial charge >= 0.3 is 12.1 Å². The Morgan fingerprint density at radius 3 is 2.32 bits per heavy atom. The molecule has 0 aliphatic rings. The van der Waals surface area contributed by atoms with Crippen molar-refractivity contribution in [3.8, 4) is 11.5 Å². The van der Waals surface area contributed by atoms with Crippen LogP contribution in [0.15, 0.2) is 89.3 Å². The van der Waals surface area contributed by atoms with Crippen molar-refractivity contribution in [3.63, 3.8) is 0 Å². The zero-order valence-electron chi connectivity index (χ0n) is 20.7.